The molecule has 0 saturated carbocycles. The van der Waals surface area contributed by atoms with Crippen molar-refractivity contribution in [2.45, 2.75) is 44.0 Å². The Hall–Kier alpha value is -3.16. The van der Waals surface area contributed by atoms with Gasteiger partial charge in [0.05, 0.1) is 22.7 Å². The van der Waals surface area contributed by atoms with Crippen molar-refractivity contribution in [2.24, 2.45) is 0 Å². The fourth-order valence-corrected chi connectivity index (χ4v) is 6.02. The molecule has 0 atom stereocenters. The molecule has 0 aliphatic carbocycles. The lowest BCUT2D eigenvalue weighted by molar-refractivity contribution is 0.0951. The van der Waals surface area contributed by atoms with E-state index in [0.29, 0.717) is 17.8 Å². The Morgan fingerprint density at radius 1 is 0.889 bits per heavy atom. The molecule has 0 radical (unpaired) electrons. The highest BCUT2D eigenvalue weighted by molar-refractivity contribution is 7.92. The Kier molecular flexibility index (Phi) is 8.78. The number of sulfonamides is 1. The van der Waals surface area contributed by atoms with Gasteiger partial charge in [0.25, 0.3) is 15.9 Å². The number of benzene rings is 3. The number of rotatable bonds is 10. The predicted molar refractivity (Wildman–Crippen MR) is 145 cm³/mol. The maximum absolute atomic E-state index is 13.8. The molecule has 1 amide bonds. The van der Waals surface area contributed by atoms with Gasteiger partial charge < -0.3 is 10.2 Å². The van der Waals surface area contributed by atoms with E-state index < -0.39 is 10.0 Å². The molecule has 0 unspecified atom stereocenters. The van der Waals surface area contributed by atoms with Crippen molar-refractivity contribution in [3.05, 3.63) is 95.6 Å². The molecule has 3 aromatic carbocycles. The van der Waals surface area contributed by atoms with Crippen LogP contribution in [0, 0.1) is 6.92 Å². The van der Waals surface area contributed by atoms with Crippen LogP contribution < -0.4 is 9.62 Å². The maximum Gasteiger partial charge on any atom is 0.264 e. The Bertz CT molecular complexity index is 1240. The lowest BCUT2D eigenvalue weighted by Crippen LogP contribution is -2.35. The second-order valence-corrected chi connectivity index (χ2v) is 11.2. The van der Waals surface area contributed by atoms with E-state index in [2.05, 4.69) is 10.2 Å². The standard InChI is InChI=1S/C29H35N3O3S/c1-24-15-17-26(18-16-24)36(34,35)32(23-25-11-4-2-5-12-25)28-14-7-6-13-27(28)29(33)30-19-10-22-31-20-8-3-9-21-31/h2,4-7,11-18H,3,8-10,19-23H2,1H3,(H,30,33). The van der Waals surface area contributed by atoms with Gasteiger partial charge in [-0.2, -0.15) is 0 Å². The lowest BCUT2D eigenvalue weighted by Gasteiger charge is -2.27. The molecule has 0 bridgehead atoms. The molecule has 7 heteroatoms. The number of likely N-dealkylation sites (tertiary alicyclic amines) is 1. The van der Waals surface area contributed by atoms with Crippen LogP contribution in [0.5, 0.6) is 0 Å². The minimum atomic E-state index is -3.92. The quantitative estimate of drug-likeness (QED) is 0.394. The first kappa shape index (κ1) is 25.9. The smallest absolute Gasteiger partial charge is 0.264 e. The van der Waals surface area contributed by atoms with Gasteiger partial charge in [-0.05, 0) is 75.6 Å². The minimum absolute atomic E-state index is 0.121. The molecule has 4 rings (SSSR count). The Morgan fingerprint density at radius 3 is 2.28 bits per heavy atom. The molecular weight excluding hydrogens is 470 g/mol. The molecule has 1 heterocycles. The Balaban J connectivity index is 1.57. The summed E-state index contributed by atoms with van der Waals surface area (Å²) in [5.74, 6) is -0.263. The molecule has 1 N–H and O–H groups in total. The summed E-state index contributed by atoms with van der Waals surface area (Å²) in [6.07, 6.45) is 4.65. The number of aryl methyl sites for hydroxylation is 1. The number of amides is 1. The van der Waals surface area contributed by atoms with Gasteiger partial charge in [0.15, 0.2) is 0 Å². The summed E-state index contributed by atoms with van der Waals surface area (Å²) in [5, 5.41) is 3.01. The Labute approximate surface area is 215 Å². The molecule has 1 saturated heterocycles. The summed E-state index contributed by atoms with van der Waals surface area (Å²) in [6.45, 7) is 5.81. The van der Waals surface area contributed by atoms with Gasteiger partial charge in [0.1, 0.15) is 0 Å². The average molecular weight is 506 g/mol. The van der Waals surface area contributed by atoms with Gasteiger partial charge in [-0.1, -0.05) is 66.6 Å². The van der Waals surface area contributed by atoms with Crippen molar-refractivity contribution in [3.8, 4) is 0 Å². The van der Waals surface area contributed by atoms with E-state index >= 15 is 0 Å². The molecule has 0 spiro atoms. The van der Waals surface area contributed by atoms with Crippen LogP contribution in [0.25, 0.3) is 0 Å². The van der Waals surface area contributed by atoms with Gasteiger partial charge in [0.2, 0.25) is 0 Å². The second-order valence-electron chi connectivity index (χ2n) is 9.34. The van der Waals surface area contributed by atoms with Crippen LogP contribution in [-0.4, -0.2) is 45.4 Å². The van der Waals surface area contributed by atoms with Crippen molar-refractivity contribution >= 4 is 21.6 Å². The minimum Gasteiger partial charge on any atom is -0.352 e. The topological polar surface area (TPSA) is 69.7 Å². The lowest BCUT2D eigenvalue weighted by atomic mass is 10.1. The van der Waals surface area contributed by atoms with Crippen LogP contribution in [0.15, 0.2) is 83.8 Å². The number of carbonyl (C=O) groups excluding carboxylic acids is 1. The fourth-order valence-electron chi connectivity index (χ4n) is 4.55. The first-order valence-electron chi connectivity index (χ1n) is 12.7. The van der Waals surface area contributed by atoms with Gasteiger partial charge >= 0.3 is 0 Å². The van der Waals surface area contributed by atoms with Crippen LogP contribution in [-0.2, 0) is 16.6 Å². The number of nitrogens with zero attached hydrogens (tertiary/aromatic N) is 2. The predicted octanol–water partition coefficient (Wildman–Crippen LogP) is 5.00. The number of para-hydroxylation sites is 1. The molecule has 1 fully saturated rings. The van der Waals surface area contributed by atoms with Gasteiger partial charge in [-0.25, -0.2) is 8.42 Å². The van der Waals surface area contributed by atoms with Crippen molar-refractivity contribution < 1.29 is 13.2 Å². The molecule has 1 aliphatic rings. The number of carbonyl (C=O) groups is 1. The van der Waals surface area contributed by atoms with E-state index in [-0.39, 0.29) is 17.3 Å². The number of nitrogens with one attached hydrogen (secondary N) is 1. The largest absolute Gasteiger partial charge is 0.352 e. The van der Waals surface area contributed by atoms with E-state index in [1.54, 1.807) is 48.5 Å². The van der Waals surface area contributed by atoms with Gasteiger partial charge in [-0.15, -0.1) is 0 Å². The number of anilines is 1. The third kappa shape index (κ3) is 6.53. The third-order valence-corrected chi connectivity index (χ3v) is 8.35. The highest BCUT2D eigenvalue weighted by Crippen LogP contribution is 2.29. The van der Waals surface area contributed by atoms with Crippen molar-refractivity contribution in [2.75, 3.05) is 30.5 Å². The second kappa shape index (κ2) is 12.2. The zero-order valence-corrected chi connectivity index (χ0v) is 21.7. The van der Waals surface area contributed by atoms with Crippen molar-refractivity contribution in [3.63, 3.8) is 0 Å². The monoisotopic (exact) mass is 505 g/mol. The van der Waals surface area contributed by atoms with Crippen LogP contribution in [0.1, 0.15) is 47.2 Å². The molecule has 3 aromatic rings. The summed E-state index contributed by atoms with van der Waals surface area (Å²) in [7, 11) is -3.92. The Morgan fingerprint density at radius 2 is 1.56 bits per heavy atom. The summed E-state index contributed by atoms with van der Waals surface area (Å²) in [5.41, 5.74) is 2.54. The van der Waals surface area contributed by atoms with Gasteiger partial charge in [0, 0.05) is 6.54 Å². The van der Waals surface area contributed by atoms with Crippen molar-refractivity contribution in [1.82, 2.24) is 10.2 Å². The summed E-state index contributed by atoms with van der Waals surface area (Å²) in [6, 6.07) is 23.2. The fraction of sp³-hybridized carbons (Fsp3) is 0.345. The van der Waals surface area contributed by atoms with E-state index in [4.69, 9.17) is 0 Å². The molecular formula is C29H35N3O3S. The normalized spacial score (nSPS) is 14.4. The summed E-state index contributed by atoms with van der Waals surface area (Å²) < 4.78 is 29.0. The maximum atomic E-state index is 13.8. The molecule has 36 heavy (non-hydrogen) atoms. The van der Waals surface area contributed by atoms with Gasteiger partial charge in [-0.3, -0.25) is 9.10 Å². The highest BCUT2D eigenvalue weighted by atomic mass is 32.2. The van der Waals surface area contributed by atoms with Crippen LogP contribution in [0.2, 0.25) is 0 Å². The van der Waals surface area contributed by atoms with Crippen LogP contribution in [0.4, 0.5) is 5.69 Å². The van der Waals surface area contributed by atoms with E-state index in [9.17, 15) is 13.2 Å². The van der Waals surface area contributed by atoms with E-state index in [1.165, 1.54) is 23.6 Å². The van der Waals surface area contributed by atoms with Crippen LogP contribution in [0.3, 0.4) is 0 Å². The molecule has 0 aromatic heterocycles. The summed E-state index contributed by atoms with van der Waals surface area (Å²) >= 11 is 0. The first-order valence-corrected chi connectivity index (χ1v) is 14.1. The first-order chi connectivity index (χ1) is 17.4. The zero-order valence-electron chi connectivity index (χ0n) is 20.9. The number of hydrogen-bond donors (Lipinski definition) is 1. The third-order valence-electron chi connectivity index (χ3n) is 6.58. The molecule has 190 valence electrons. The average Bonchev–Trinajstić information content (AvgIpc) is 2.91. The SMILES string of the molecule is Cc1ccc(S(=O)(=O)N(Cc2ccccc2)c2ccccc2C(=O)NCCCN2CCCCC2)cc1. The van der Waals surface area contributed by atoms with E-state index in [0.717, 1.165) is 37.2 Å². The highest BCUT2D eigenvalue weighted by Gasteiger charge is 2.28. The molecule has 6 nitrogen and oxygen atoms in total. The number of hydrogen-bond acceptors (Lipinski definition) is 4. The summed E-state index contributed by atoms with van der Waals surface area (Å²) in [4.78, 5) is 15.9. The zero-order chi connectivity index (χ0) is 25.4. The van der Waals surface area contributed by atoms with Crippen LogP contribution >= 0.6 is 0 Å². The number of piperidine rings is 1. The van der Waals surface area contributed by atoms with Crippen molar-refractivity contribution in [1.29, 1.82) is 0 Å². The molecule has 1 aliphatic heterocycles. The van der Waals surface area contributed by atoms with E-state index in [1.807, 2.05) is 37.3 Å².